The van der Waals surface area contributed by atoms with Crippen molar-refractivity contribution < 1.29 is 0 Å². The number of benzene rings is 1. The van der Waals surface area contributed by atoms with Crippen LogP contribution in [0.4, 0.5) is 0 Å². The molecule has 2 aromatic rings. The molecule has 1 fully saturated rings. The predicted molar refractivity (Wildman–Crippen MR) is 89.4 cm³/mol. The fourth-order valence-corrected chi connectivity index (χ4v) is 3.64. The van der Waals surface area contributed by atoms with Gasteiger partial charge < -0.3 is 4.57 Å². The van der Waals surface area contributed by atoms with Gasteiger partial charge in [-0.2, -0.15) is 5.26 Å². The van der Waals surface area contributed by atoms with Crippen LogP contribution in [0.3, 0.4) is 0 Å². The van der Waals surface area contributed by atoms with Crippen LogP contribution < -0.4 is 0 Å². The van der Waals surface area contributed by atoms with Crippen LogP contribution in [0.5, 0.6) is 0 Å². The number of nitriles is 1. The molecule has 1 heterocycles. The lowest BCUT2D eigenvalue weighted by atomic mass is 9.86. The second-order valence-corrected chi connectivity index (χ2v) is 6.70. The van der Waals surface area contributed by atoms with Crippen molar-refractivity contribution >= 4 is 11.0 Å². The van der Waals surface area contributed by atoms with Gasteiger partial charge in [-0.3, -0.25) is 0 Å². The Morgan fingerprint density at radius 2 is 2.05 bits per heavy atom. The first-order chi connectivity index (χ1) is 10.8. The second kappa shape index (κ2) is 6.96. The van der Waals surface area contributed by atoms with Crippen LogP contribution in [0, 0.1) is 23.2 Å². The molecule has 0 aliphatic heterocycles. The summed E-state index contributed by atoms with van der Waals surface area (Å²) in [5.74, 6) is 2.05. The summed E-state index contributed by atoms with van der Waals surface area (Å²) in [6, 6.07) is 10.6. The number of aromatic nitrogens is 2. The normalized spacial score (nSPS) is 17.5. The first kappa shape index (κ1) is 15.1. The fraction of sp³-hybridized carbons (Fsp3) is 0.579. The quantitative estimate of drug-likeness (QED) is 0.801. The zero-order chi connectivity index (χ0) is 15.4. The van der Waals surface area contributed by atoms with Crippen LogP contribution >= 0.6 is 0 Å². The van der Waals surface area contributed by atoms with Gasteiger partial charge in [0.2, 0.25) is 0 Å². The molecule has 1 atom stereocenters. The van der Waals surface area contributed by atoms with Gasteiger partial charge in [0.15, 0.2) is 0 Å². The van der Waals surface area contributed by atoms with E-state index in [9.17, 15) is 0 Å². The molecule has 0 N–H and O–H groups in total. The van der Waals surface area contributed by atoms with Gasteiger partial charge in [0.1, 0.15) is 5.82 Å². The Bertz CT molecular complexity index is 659. The topological polar surface area (TPSA) is 41.6 Å². The summed E-state index contributed by atoms with van der Waals surface area (Å²) in [4.78, 5) is 4.84. The number of hydrogen-bond donors (Lipinski definition) is 0. The van der Waals surface area contributed by atoms with Crippen molar-refractivity contribution in [1.82, 2.24) is 9.55 Å². The van der Waals surface area contributed by atoms with E-state index < -0.39 is 0 Å². The minimum atomic E-state index is 0.0195. The van der Waals surface area contributed by atoms with Gasteiger partial charge in [-0.1, -0.05) is 44.2 Å². The highest BCUT2D eigenvalue weighted by atomic mass is 15.1. The Morgan fingerprint density at radius 3 is 2.82 bits per heavy atom. The molecule has 0 bridgehead atoms. The zero-order valence-electron chi connectivity index (χ0n) is 13.5. The summed E-state index contributed by atoms with van der Waals surface area (Å²) in [6.45, 7) is 2.73. The fourth-order valence-electron chi connectivity index (χ4n) is 3.64. The van der Waals surface area contributed by atoms with Crippen LogP contribution in [0.15, 0.2) is 24.3 Å². The highest BCUT2D eigenvalue weighted by molar-refractivity contribution is 5.75. The Hall–Kier alpha value is -1.82. The maximum atomic E-state index is 9.15. The van der Waals surface area contributed by atoms with Gasteiger partial charge >= 0.3 is 0 Å². The van der Waals surface area contributed by atoms with E-state index in [-0.39, 0.29) is 5.92 Å². The second-order valence-electron chi connectivity index (χ2n) is 6.70. The number of rotatable bonds is 5. The van der Waals surface area contributed by atoms with Gasteiger partial charge in [-0.15, -0.1) is 0 Å². The number of fused-ring (bicyclic) bond motifs is 1. The minimum Gasteiger partial charge on any atom is -0.327 e. The van der Waals surface area contributed by atoms with E-state index in [1.165, 1.54) is 44.0 Å². The van der Waals surface area contributed by atoms with Crippen LogP contribution in [-0.2, 0) is 13.0 Å². The number of nitrogens with zero attached hydrogens (tertiary/aromatic N) is 3. The minimum absolute atomic E-state index is 0.0195. The smallest absolute Gasteiger partial charge is 0.109 e. The number of imidazole rings is 1. The van der Waals surface area contributed by atoms with E-state index in [1.807, 2.05) is 13.0 Å². The molecule has 1 aromatic carbocycles. The van der Waals surface area contributed by atoms with E-state index in [1.54, 1.807) is 0 Å². The van der Waals surface area contributed by atoms with Gasteiger partial charge in [-0.25, -0.2) is 4.98 Å². The summed E-state index contributed by atoms with van der Waals surface area (Å²) in [5.41, 5.74) is 2.23. The first-order valence-electron chi connectivity index (χ1n) is 8.61. The molecular weight excluding hydrogens is 270 g/mol. The van der Waals surface area contributed by atoms with Gasteiger partial charge in [-0.05, 0) is 31.4 Å². The number of para-hydroxylation sites is 2. The van der Waals surface area contributed by atoms with E-state index >= 15 is 0 Å². The monoisotopic (exact) mass is 295 g/mol. The SMILES string of the molecule is CC(C#N)Cn1c(CCC2CCCCC2)nc2ccccc21. The van der Waals surface area contributed by atoms with Crippen LogP contribution in [0.2, 0.25) is 0 Å². The first-order valence-corrected chi connectivity index (χ1v) is 8.61. The van der Waals surface area contributed by atoms with Crippen LogP contribution in [0.1, 0.15) is 51.3 Å². The van der Waals surface area contributed by atoms with E-state index in [4.69, 9.17) is 10.2 Å². The Labute approximate surface area is 133 Å². The molecule has 0 radical (unpaired) electrons. The third-order valence-corrected chi connectivity index (χ3v) is 4.91. The number of hydrogen-bond acceptors (Lipinski definition) is 2. The zero-order valence-corrected chi connectivity index (χ0v) is 13.5. The maximum Gasteiger partial charge on any atom is 0.109 e. The molecule has 1 aliphatic rings. The lowest BCUT2D eigenvalue weighted by molar-refractivity contribution is 0.335. The summed E-state index contributed by atoms with van der Waals surface area (Å²) in [6.07, 6.45) is 9.25. The summed E-state index contributed by atoms with van der Waals surface area (Å²) in [5, 5.41) is 9.15. The Morgan fingerprint density at radius 1 is 1.27 bits per heavy atom. The molecule has 0 amide bonds. The van der Waals surface area contributed by atoms with Crippen molar-refractivity contribution in [2.45, 2.75) is 58.4 Å². The van der Waals surface area contributed by atoms with Crippen LogP contribution in [-0.4, -0.2) is 9.55 Å². The van der Waals surface area contributed by atoms with Crippen molar-refractivity contribution in [3.8, 4) is 6.07 Å². The third-order valence-electron chi connectivity index (χ3n) is 4.91. The molecule has 1 aliphatic carbocycles. The van der Waals surface area contributed by atoms with Gasteiger partial charge in [0.25, 0.3) is 0 Å². The van der Waals surface area contributed by atoms with Gasteiger partial charge in [0, 0.05) is 13.0 Å². The molecule has 0 spiro atoms. The molecule has 0 saturated heterocycles. The lowest BCUT2D eigenvalue weighted by Gasteiger charge is -2.21. The van der Waals surface area contributed by atoms with E-state index in [0.29, 0.717) is 0 Å². The predicted octanol–water partition coefficient (Wildman–Crippen LogP) is 4.71. The molecule has 3 heteroatoms. The Kier molecular flexibility index (Phi) is 4.77. The van der Waals surface area contributed by atoms with Crippen molar-refractivity contribution in [3.05, 3.63) is 30.1 Å². The van der Waals surface area contributed by atoms with Crippen molar-refractivity contribution in [1.29, 1.82) is 5.26 Å². The number of aryl methyl sites for hydroxylation is 1. The van der Waals surface area contributed by atoms with Crippen molar-refractivity contribution in [2.75, 3.05) is 0 Å². The highest BCUT2D eigenvalue weighted by Crippen LogP contribution is 2.28. The average molecular weight is 295 g/mol. The molecule has 116 valence electrons. The summed E-state index contributed by atoms with van der Waals surface area (Å²) >= 11 is 0. The van der Waals surface area contributed by atoms with Crippen LogP contribution in [0.25, 0.3) is 11.0 Å². The van der Waals surface area contributed by atoms with E-state index in [0.717, 1.165) is 30.2 Å². The molecule has 1 aromatic heterocycles. The molecular formula is C19H25N3. The molecule has 3 nitrogen and oxygen atoms in total. The maximum absolute atomic E-state index is 9.15. The lowest BCUT2D eigenvalue weighted by Crippen LogP contribution is -2.12. The standard InChI is InChI=1S/C19H25N3/c1-15(13-20)14-22-18-10-6-5-9-17(18)21-19(22)12-11-16-7-3-2-4-8-16/h5-6,9-10,15-16H,2-4,7-8,11-12,14H2,1H3. The summed E-state index contributed by atoms with van der Waals surface area (Å²) in [7, 11) is 0. The molecule has 22 heavy (non-hydrogen) atoms. The average Bonchev–Trinajstić information content (AvgIpc) is 2.91. The molecule has 3 rings (SSSR count). The van der Waals surface area contributed by atoms with E-state index in [2.05, 4.69) is 28.8 Å². The van der Waals surface area contributed by atoms with Gasteiger partial charge in [0.05, 0.1) is 23.0 Å². The summed E-state index contributed by atoms with van der Waals surface area (Å²) < 4.78 is 2.27. The molecule has 1 saturated carbocycles. The molecule has 1 unspecified atom stereocenters. The highest BCUT2D eigenvalue weighted by Gasteiger charge is 2.17. The van der Waals surface area contributed by atoms with Crippen molar-refractivity contribution in [3.63, 3.8) is 0 Å². The Balaban J connectivity index is 1.80. The third kappa shape index (κ3) is 3.32. The largest absolute Gasteiger partial charge is 0.327 e. The van der Waals surface area contributed by atoms with Crippen molar-refractivity contribution in [2.24, 2.45) is 11.8 Å².